The Balaban J connectivity index is 2.70. The molecule has 0 aliphatic heterocycles. The van der Waals surface area contributed by atoms with Crippen LogP contribution in [-0.2, 0) is 0 Å². The van der Waals surface area contributed by atoms with Gasteiger partial charge in [0, 0.05) is 0 Å². The quantitative estimate of drug-likeness (QED) is 0.380. The standard InChI is InChI=1S/C22H42N2O2Si4/c1-27(2,3)23-19-13-17-14-20(24-28(4,5)6)22(26-30(10,11)12)16-18(17)15-21(19)25-29(7,8)9/h13-16,23-24H,1-12H3. The lowest BCUT2D eigenvalue weighted by atomic mass is 10.1. The highest BCUT2D eigenvalue weighted by atomic mass is 28.4. The van der Waals surface area contributed by atoms with E-state index in [1.165, 1.54) is 10.8 Å². The molecular formula is C22H42N2O2Si4. The van der Waals surface area contributed by atoms with Gasteiger partial charge in [0.1, 0.15) is 28.0 Å². The molecule has 0 fully saturated rings. The van der Waals surface area contributed by atoms with Crippen LogP contribution in [0.5, 0.6) is 11.5 Å². The highest BCUT2D eigenvalue weighted by Crippen LogP contribution is 2.39. The number of fused-ring (bicyclic) bond motifs is 1. The van der Waals surface area contributed by atoms with E-state index in [0.29, 0.717) is 0 Å². The SMILES string of the molecule is C[Si](C)(C)Nc1cc2cc(N[Si](C)(C)C)c(O[Si](C)(C)C)cc2cc1O[Si](C)(C)C. The zero-order valence-corrected chi connectivity index (χ0v) is 25.1. The van der Waals surface area contributed by atoms with Crippen molar-refractivity contribution in [3.05, 3.63) is 24.3 Å². The summed E-state index contributed by atoms with van der Waals surface area (Å²) in [7, 11) is -6.54. The molecule has 8 heteroatoms. The van der Waals surface area contributed by atoms with Gasteiger partial charge in [0.25, 0.3) is 0 Å². The molecule has 0 aliphatic rings. The van der Waals surface area contributed by atoms with E-state index in [1.54, 1.807) is 0 Å². The second-order valence-electron chi connectivity index (χ2n) is 12.2. The molecule has 30 heavy (non-hydrogen) atoms. The van der Waals surface area contributed by atoms with E-state index in [1.807, 2.05) is 0 Å². The van der Waals surface area contributed by atoms with Gasteiger partial charge >= 0.3 is 0 Å². The summed E-state index contributed by atoms with van der Waals surface area (Å²) in [5.41, 5.74) is 2.23. The fourth-order valence-electron chi connectivity index (χ4n) is 3.14. The molecule has 0 aromatic heterocycles. The summed E-state index contributed by atoms with van der Waals surface area (Å²) in [5, 5.41) is 2.38. The predicted molar refractivity (Wildman–Crippen MR) is 146 cm³/mol. The van der Waals surface area contributed by atoms with Crippen LogP contribution < -0.4 is 18.8 Å². The van der Waals surface area contributed by atoms with Crippen molar-refractivity contribution in [1.29, 1.82) is 0 Å². The van der Waals surface area contributed by atoms with Crippen LogP contribution in [0.3, 0.4) is 0 Å². The van der Waals surface area contributed by atoms with E-state index in [-0.39, 0.29) is 0 Å². The fourth-order valence-corrected chi connectivity index (χ4v) is 6.80. The molecule has 2 aromatic rings. The van der Waals surface area contributed by atoms with Crippen LogP contribution in [0.2, 0.25) is 78.6 Å². The molecule has 0 aliphatic carbocycles. The van der Waals surface area contributed by atoms with Gasteiger partial charge in [-0.25, -0.2) is 0 Å². The monoisotopic (exact) mass is 478 g/mol. The van der Waals surface area contributed by atoms with E-state index in [0.717, 1.165) is 22.9 Å². The Morgan fingerprint density at radius 2 is 0.800 bits per heavy atom. The Kier molecular flexibility index (Phi) is 6.98. The highest BCUT2D eigenvalue weighted by molar-refractivity contribution is 6.79. The highest BCUT2D eigenvalue weighted by Gasteiger charge is 2.24. The number of nitrogens with one attached hydrogen (secondary N) is 2. The van der Waals surface area contributed by atoms with Crippen molar-refractivity contribution in [3.63, 3.8) is 0 Å². The van der Waals surface area contributed by atoms with Crippen molar-refractivity contribution in [1.82, 2.24) is 0 Å². The van der Waals surface area contributed by atoms with Gasteiger partial charge in [-0.3, -0.25) is 0 Å². The first-order chi connectivity index (χ1) is 13.3. The average Bonchev–Trinajstić information content (AvgIpc) is 2.43. The molecule has 168 valence electrons. The van der Waals surface area contributed by atoms with Gasteiger partial charge in [-0.2, -0.15) is 0 Å². The molecule has 0 heterocycles. The van der Waals surface area contributed by atoms with Gasteiger partial charge in [0.05, 0.1) is 11.4 Å². The Labute approximate surface area is 188 Å². The molecule has 4 nitrogen and oxygen atoms in total. The second kappa shape index (κ2) is 8.37. The minimum atomic E-state index is -1.74. The maximum atomic E-state index is 6.50. The van der Waals surface area contributed by atoms with E-state index >= 15 is 0 Å². The third kappa shape index (κ3) is 8.13. The van der Waals surface area contributed by atoms with Gasteiger partial charge in [0.2, 0.25) is 16.6 Å². The van der Waals surface area contributed by atoms with Gasteiger partial charge in [-0.15, -0.1) is 0 Å². The molecule has 0 unspecified atom stereocenters. The van der Waals surface area contributed by atoms with Crippen LogP contribution >= 0.6 is 0 Å². The van der Waals surface area contributed by atoms with E-state index in [9.17, 15) is 0 Å². The van der Waals surface area contributed by atoms with E-state index in [4.69, 9.17) is 8.85 Å². The van der Waals surface area contributed by atoms with Crippen molar-refractivity contribution in [2.24, 2.45) is 0 Å². The summed E-state index contributed by atoms with van der Waals surface area (Å²) >= 11 is 0. The average molecular weight is 479 g/mol. The lowest BCUT2D eigenvalue weighted by Crippen LogP contribution is -2.34. The van der Waals surface area contributed by atoms with Gasteiger partial charge in [-0.1, -0.05) is 39.3 Å². The molecule has 0 amide bonds. The van der Waals surface area contributed by atoms with Crippen LogP contribution in [0.1, 0.15) is 0 Å². The van der Waals surface area contributed by atoms with Crippen molar-refractivity contribution < 1.29 is 8.85 Å². The molecule has 0 atom stereocenters. The van der Waals surface area contributed by atoms with E-state index in [2.05, 4.69) is 113 Å². The molecule has 2 aromatic carbocycles. The third-order valence-corrected chi connectivity index (χ3v) is 7.59. The normalized spacial score (nSPS) is 13.3. The largest absolute Gasteiger partial charge is 0.543 e. The number of hydrogen-bond acceptors (Lipinski definition) is 4. The van der Waals surface area contributed by atoms with Crippen LogP contribution in [0.15, 0.2) is 24.3 Å². The molecule has 0 saturated carbocycles. The first-order valence-electron chi connectivity index (χ1n) is 10.9. The first kappa shape index (κ1) is 25.0. The minimum Gasteiger partial charge on any atom is -0.543 e. The van der Waals surface area contributed by atoms with Gasteiger partial charge < -0.3 is 18.8 Å². The smallest absolute Gasteiger partial charge is 0.242 e. The zero-order valence-electron chi connectivity index (χ0n) is 21.1. The molecule has 2 rings (SSSR count). The number of anilines is 2. The molecule has 0 spiro atoms. The fraction of sp³-hybridized carbons (Fsp3) is 0.545. The summed E-state index contributed by atoms with van der Waals surface area (Å²) < 4.78 is 13.0. The summed E-state index contributed by atoms with van der Waals surface area (Å²) in [6, 6.07) is 8.92. The maximum Gasteiger partial charge on any atom is 0.242 e. The minimum absolute atomic E-state index is 0.967. The summed E-state index contributed by atoms with van der Waals surface area (Å²) in [4.78, 5) is 7.57. The second-order valence-corrected chi connectivity index (χ2v) is 30.6. The molecular weight excluding hydrogens is 437 g/mol. The number of benzene rings is 2. The van der Waals surface area contributed by atoms with Crippen LogP contribution in [-0.4, -0.2) is 33.1 Å². The Hall–Kier alpha value is -1.23. The van der Waals surface area contributed by atoms with Crippen LogP contribution in [0, 0.1) is 0 Å². The van der Waals surface area contributed by atoms with Crippen molar-refractivity contribution in [2.75, 3.05) is 9.96 Å². The van der Waals surface area contributed by atoms with Crippen molar-refractivity contribution >= 4 is 55.3 Å². The molecule has 2 N–H and O–H groups in total. The zero-order chi connectivity index (χ0) is 23.1. The topological polar surface area (TPSA) is 42.5 Å². The van der Waals surface area contributed by atoms with Crippen molar-refractivity contribution in [3.8, 4) is 11.5 Å². The van der Waals surface area contributed by atoms with Gasteiger partial charge in [0.15, 0.2) is 0 Å². The van der Waals surface area contributed by atoms with Crippen molar-refractivity contribution in [2.45, 2.75) is 78.6 Å². The van der Waals surface area contributed by atoms with Crippen LogP contribution in [0.25, 0.3) is 10.8 Å². The summed E-state index contributed by atoms with van der Waals surface area (Å²) in [6.07, 6.45) is 0. The first-order valence-corrected chi connectivity index (χ1v) is 24.7. The van der Waals surface area contributed by atoms with Gasteiger partial charge in [-0.05, 0) is 74.3 Å². The predicted octanol–water partition coefficient (Wildman–Crippen LogP) is 7.76. The molecule has 0 radical (unpaired) electrons. The molecule has 0 saturated heterocycles. The lowest BCUT2D eigenvalue weighted by Gasteiger charge is -2.28. The number of rotatable bonds is 8. The lowest BCUT2D eigenvalue weighted by molar-refractivity contribution is 0.559. The van der Waals surface area contributed by atoms with Crippen LogP contribution in [0.4, 0.5) is 11.4 Å². The van der Waals surface area contributed by atoms with E-state index < -0.39 is 33.1 Å². The summed E-state index contributed by atoms with van der Waals surface area (Å²) in [5.74, 6) is 1.93. The Morgan fingerprint density at radius 1 is 0.500 bits per heavy atom. The Bertz CT molecular complexity index is 760. The number of hydrogen-bond donors (Lipinski definition) is 2. The maximum absolute atomic E-state index is 6.50. The third-order valence-electron chi connectivity index (χ3n) is 3.89. The Morgan fingerprint density at radius 3 is 1.07 bits per heavy atom. The summed E-state index contributed by atoms with van der Waals surface area (Å²) in [6.45, 7) is 27.3. The molecule has 0 bridgehead atoms.